The first kappa shape index (κ1) is 13.5. The van der Waals surface area contributed by atoms with Gasteiger partial charge in [0.1, 0.15) is 13.8 Å². The normalized spacial score (nSPS) is 10.7. The van der Waals surface area contributed by atoms with Crippen LogP contribution in [-0.4, -0.2) is 18.3 Å². The third-order valence-corrected chi connectivity index (χ3v) is 3.48. The molecule has 0 N–H and O–H groups in total. The molecule has 0 spiro atoms. The fourth-order valence-corrected chi connectivity index (χ4v) is 2.10. The minimum atomic E-state index is -1.37. The largest absolute Gasteiger partial charge is 0.149 e. The van der Waals surface area contributed by atoms with Gasteiger partial charge in [-0.3, -0.25) is 0 Å². The molecule has 3 heteroatoms. The third-order valence-electron chi connectivity index (χ3n) is 2.61. The smallest absolute Gasteiger partial charge is 0.138 e. The van der Waals surface area contributed by atoms with Gasteiger partial charge in [-0.1, -0.05) is 55.9 Å². The third kappa shape index (κ3) is 3.77. The van der Waals surface area contributed by atoms with Crippen LogP contribution in [0.2, 0.25) is 19.6 Å². The fourth-order valence-electron chi connectivity index (χ4n) is 1.61. The van der Waals surface area contributed by atoms with Gasteiger partial charge in [-0.15, -0.1) is 15.7 Å². The molecule has 1 aromatic heterocycles. The van der Waals surface area contributed by atoms with Crippen LogP contribution in [0, 0.1) is 18.4 Å². The first-order valence-electron chi connectivity index (χ1n) is 6.39. The summed E-state index contributed by atoms with van der Waals surface area (Å²) in [5.41, 5.74) is 7.19. The van der Waals surface area contributed by atoms with E-state index in [0.29, 0.717) is 0 Å². The Balaban J connectivity index is 2.35. The number of rotatable bonds is 1. The summed E-state index contributed by atoms with van der Waals surface area (Å²) in [6, 6.07) is 12.1. The Labute approximate surface area is 115 Å². The Morgan fingerprint density at radius 1 is 1.00 bits per heavy atom. The van der Waals surface area contributed by atoms with Crippen molar-refractivity contribution < 1.29 is 0 Å². The predicted molar refractivity (Wildman–Crippen MR) is 82.4 cm³/mol. The van der Waals surface area contributed by atoms with E-state index in [0.717, 1.165) is 22.5 Å². The van der Waals surface area contributed by atoms with Gasteiger partial charge >= 0.3 is 0 Å². The summed E-state index contributed by atoms with van der Waals surface area (Å²) in [6.07, 6.45) is 0. The second kappa shape index (κ2) is 5.37. The lowest BCUT2D eigenvalue weighted by Crippen LogP contribution is -2.16. The molecule has 0 saturated carbocycles. The molecule has 96 valence electrons. The quantitative estimate of drug-likeness (QED) is 0.581. The van der Waals surface area contributed by atoms with Crippen molar-refractivity contribution in [1.82, 2.24) is 10.2 Å². The summed E-state index contributed by atoms with van der Waals surface area (Å²) < 4.78 is 0. The molecule has 0 fully saturated rings. The molecule has 2 aromatic rings. The molecule has 0 aliphatic heterocycles. The topological polar surface area (TPSA) is 25.8 Å². The number of hydrogen-bond acceptors (Lipinski definition) is 2. The Morgan fingerprint density at radius 2 is 1.68 bits per heavy atom. The number of aromatic nitrogens is 2. The molecule has 2 rings (SSSR count). The molecule has 0 aliphatic rings. The molecule has 0 unspecified atom stereocenters. The average Bonchev–Trinajstić information content (AvgIpc) is 2.37. The lowest BCUT2D eigenvalue weighted by molar-refractivity contribution is 1.00. The van der Waals surface area contributed by atoms with Gasteiger partial charge in [-0.2, -0.15) is 0 Å². The van der Waals surface area contributed by atoms with Crippen molar-refractivity contribution in [3.63, 3.8) is 0 Å². The zero-order chi connectivity index (χ0) is 13.9. The summed E-state index contributed by atoms with van der Waals surface area (Å²) in [7, 11) is -1.37. The summed E-state index contributed by atoms with van der Waals surface area (Å²) in [5.74, 6) is 3.17. The van der Waals surface area contributed by atoms with Crippen molar-refractivity contribution in [2.45, 2.75) is 26.6 Å². The number of aryl methyl sites for hydroxylation is 1. The second-order valence-corrected chi connectivity index (χ2v) is 10.4. The highest BCUT2D eigenvalue weighted by molar-refractivity contribution is 6.83. The van der Waals surface area contributed by atoms with E-state index in [1.165, 1.54) is 0 Å². The minimum Gasteiger partial charge on any atom is -0.149 e. The minimum absolute atomic E-state index is 0.794. The highest BCUT2D eigenvalue weighted by Gasteiger charge is 2.09. The Morgan fingerprint density at radius 3 is 2.26 bits per heavy atom. The Kier molecular flexibility index (Phi) is 3.82. The molecule has 1 aromatic carbocycles. The molecular weight excluding hydrogens is 248 g/mol. The fraction of sp³-hybridized carbons (Fsp3) is 0.250. The van der Waals surface area contributed by atoms with Gasteiger partial charge in [0, 0.05) is 5.56 Å². The molecule has 0 bridgehead atoms. The molecule has 19 heavy (non-hydrogen) atoms. The Bertz CT molecular complexity index is 631. The molecule has 2 nitrogen and oxygen atoms in total. The molecule has 0 atom stereocenters. The maximum absolute atomic E-state index is 4.27. The van der Waals surface area contributed by atoms with Crippen LogP contribution < -0.4 is 0 Å². The van der Waals surface area contributed by atoms with Crippen molar-refractivity contribution in [3.8, 4) is 22.7 Å². The number of nitrogens with zero attached hydrogens (tertiary/aromatic N) is 2. The summed E-state index contributed by atoms with van der Waals surface area (Å²) >= 11 is 0. The zero-order valence-corrected chi connectivity index (χ0v) is 12.9. The van der Waals surface area contributed by atoms with Crippen LogP contribution in [0.4, 0.5) is 0 Å². The lowest BCUT2D eigenvalue weighted by Gasteiger charge is -2.05. The van der Waals surface area contributed by atoms with Crippen molar-refractivity contribution >= 4 is 8.07 Å². The highest BCUT2D eigenvalue weighted by atomic mass is 28.3. The standard InChI is InChI=1S/C16H18N2Si/c1-13-12-16(14-8-6-5-7-9-14)18-17-15(13)10-11-19(2,3)4/h5-9,12H,1-4H3. The molecule has 1 heterocycles. The SMILES string of the molecule is Cc1cc(-c2ccccc2)nnc1C#C[Si](C)(C)C. The van der Waals surface area contributed by atoms with E-state index in [2.05, 4.69) is 47.4 Å². The van der Waals surface area contributed by atoms with Gasteiger partial charge in [0.05, 0.1) is 5.69 Å². The second-order valence-electron chi connectivity index (χ2n) is 5.63. The Hall–Kier alpha value is -1.92. The van der Waals surface area contributed by atoms with Gasteiger partial charge in [0.2, 0.25) is 0 Å². The van der Waals surface area contributed by atoms with Crippen LogP contribution in [0.15, 0.2) is 36.4 Å². The van der Waals surface area contributed by atoms with Gasteiger partial charge in [0.15, 0.2) is 0 Å². The van der Waals surface area contributed by atoms with Crippen LogP contribution in [-0.2, 0) is 0 Å². The van der Waals surface area contributed by atoms with E-state index in [-0.39, 0.29) is 0 Å². The van der Waals surface area contributed by atoms with E-state index in [4.69, 9.17) is 0 Å². The van der Waals surface area contributed by atoms with Gasteiger partial charge in [-0.25, -0.2) is 0 Å². The van der Waals surface area contributed by atoms with Crippen LogP contribution in [0.1, 0.15) is 11.3 Å². The van der Waals surface area contributed by atoms with Gasteiger partial charge in [-0.05, 0) is 18.6 Å². The summed E-state index contributed by atoms with van der Waals surface area (Å²) in [6.45, 7) is 8.71. The van der Waals surface area contributed by atoms with Gasteiger partial charge in [0.25, 0.3) is 0 Å². The molecular formula is C16H18N2Si. The summed E-state index contributed by atoms with van der Waals surface area (Å²) in [4.78, 5) is 0. The van der Waals surface area contributed by atoms with E-state index in [9.17, 15) is 0 Å². The highest BCUT2D eigenvalue weighted by Crippen LogP contribution is 2.17. The first-order valence-corrected chi connectivity index (χ1v) is 9.89. The van der Waals surface area contributed by atoms with Crippen molar-refractivity contribution in [1.29, 1.82) is 0 Å². The summed E-state index contributed by atoms with van der Waals surface area (Å²) in [5, 5.41) is 8.53. The van der Waals surface area contributed by atoms with Crippen LogP contribution in [0.5, 0.6) is 0 Å². The van der Waals surface area contributed by atoms with Crippen LogP contribution in [0.25, 0.3) is 11.3 Å². The van der Waals surface area contributed by atoms with Crippen molar-refractivity contribution in [3.05, 3.63) is 47.7 Å². The molecule has 0 radical (unpaired) electrons. The maximum Gasteiger partial charge on any atom is 0.138 e. The van der Waals surface area contributed by atoms with E-state index >= 15 is 0 Å². The van der Waals surface area contributed by atoms with Gasteiger partial charge < -0.3 is 0 Å². The zero-order valence-electron chi connectivity index (χ0n) is 11.9. The monoisotopic (exact) mass is 266 g/mol. The number of hydrogen-bond donors (Lipinski definition) is 0. The molecule has 0 saturated heterocycles. The average molecular weight is 266 g/mol. The van der Waals surface area contributed by atoms with E-state index in [1.807, 2.05) is 37.3 Å². The molecule has 0 amide bonds. The van der Waals surface area contributed by atoms with E-state index < -0.39 is 8.07 Å². The van der Waals surface area contributed by atoms with E-state index in [1.54, 1.807) is 0 Å². The van der Waals surface area contributed by atoms with Crippen molar-refractivity contribution in [2.75, 3.05) is 0 Å². The lowest BCUT2D eigenvalue weighted by atomic mass is 10.1. The van der Waals surface area contributed by atoms with Crippen molar-refractivity contribution in [2.24, 2.45) is 0 Å². The van der Waals surface area contributed by atoms with Crippen LogP contribution in [0.3, 0.4) is 0 Å². The molecule has 0 aliphatic carbocycles. The maximum atomic E-state index is 4.27. The first-order chi connectivity index (χ1) is 8.96. The predicted octanol–water partition coefficient (Wildman–Crippen LogP) is 3.68. The van der Waals surface area contributed by atoms with Crippen LogP contribution >= 0.6 is 0 Å². The number of benzene rings is 1.